The van der Waals surface area contributed by atoms with Gasteiger partial charge in [-0.05, 0) is 30.4 Å². The average molecular weight is 342 g/mol. The van der Waals surface area contributed by atoms with E-state index in [-0.39, 0.29) is 30.2 Å². The van der Waals surface area contributed by atoms with Gasteiger partial charge in [-0.25, -0.2) is 0 Å². The van der Waals surface area contributed by atoms with Gasteiger partial charge in [0.15, 0.2) is 0 Å². The Kier molecular flexibility index (Phi) is 5.00. The lowest BCUT2D eigenvalue weighted by atomic mass is 9.98. The van der Waals surface area contributed by atoms with Crippen LogP contribution in [0.2, 0.25) is 0 Å². The summed E-state index contributed by atoms with van der Waals surface area (Å²) in [5.41, 5.74) is 2.43. The maximum Gasteiger partial charge on any atom is 0.226 e. The minimum Gasteiger partial charge on any atom is -0.355 e. The summed E-state index contributed by atoms with van der Waals surface area (Å²) in [7, 11) is 1.78. The van der Waals surface area contributed by atoms with Gasteiger partial charge in [-0.2, -0.15) is 0 Å². The molecule has 4 nitrogen and oxygen atoms in total. The molecule has 126 valence electrons. The molecular weight excluding hydrogens is 320 g/mol. The van der Waals surface area contributed by atoms with Gasteiger partial charge in [0.05, 0.1) is 12.0 Å². The predicted molar refractivity (Wildman–Crippen MR) is 95.8 cm³/mol. The lowest BCUT2D eigenvalue weighted by Gasteiger charge is -2.23. The van der Waals surface area contributed by atoms with Crippen LogP contribution in [0.25, 0.3) is 0 Å². The van der Waals surface area contributed by atoms with Gasteiger partial charge in [0.2, 0.25) is 11.8 Å². The molecule has 2 amide bonds. The zero-order valence-corrected chi connectivity index (χ0v) is 14.8. The molecule has 0 saturated carbocycles. The number of benzene rings is 1. The van der Waals surface area contributed by atoms with Crippen molar-refractivity contribution < 1.29 is 9.59 Å². The van der Waals surface area contributed by atoms with E-state index in [1.807, 2.05) is 17.5 Å². The number of nitrogens with one attached hydrogen (secondary N) is 1. The molecule has 0 bridgehead atoms. The van der Waals surface area contributed by atoms with Crippen LogP contribution in [0.4, 0.5) is 0 Å². The standard InChI is InChI=1S/C19H22N2O2S/c1-13-5-7-14(8-6-13)9-10-20-19(23)15-12-17(22)21(2)18(15)16-4-3-11-24-16/h3-8,11,15,18H,9-10,12H2,1-2H3,(H,20,23)/t15-,18-/m0/s1. The average Bonchev–Trinajstić information content (AvgIpc) is 3.18. The van der Waals surface area contributed by atoms with Crippen molar-refractivity contribution in [2.45, 2.75) is 25.8 Å². The first kappa shape index (κ1) is 16.7. The molecule has 1 aliphatic heterocycles. The van der Waals surface area contributed by atoms with Crippen molar-refractivity contribution in [3.8, 4) is 0 Å². The Balaban J connectivity index is 1.61. The van der Waals surface area contributed by atoms with E-state index in [0.717, 1.165) is 11.3 Å². The number of carbonyl (C=O) groups is 2. The van der Waals surface area contributed by atoms with Crippen molar-refractivity contribution in [3.05, 3.63) is 57.8 Å². The smallest absolute Gasteiger partial charge is 0.226 e. The Morgan fingerprint density at radius 3 is 2.71 bits per heavy atom. The van der Waals surface area contributed by atoms with Crippen LogP contribution in [0.15, 0.2) is 41.8 Å². The van der Waals surface area contributed by atoms with Crippen LogP contribution in [0.1, 0.15) is 28.5 Å². The van der Waals surface area contributed by atoms with Crippen LogP contribution < -0.4 is 5.32 Å². The second-order valence-electron chi connectivity index (χ2n) is 6.30. The summed E-state index contributed by atoms with van der Waals surface area (Å²) in [5, 5.41) is 4.99. The van der Waals surface area contributed by atoms with Gasteiger partial charge in [0.1, 0.15) is 0 Å². The van der Waals surface area contributed by atoms with E-state index in [9.17, 15) is 9.59 Å². The highest BCUT2D eigenvalue weighted by molar-refractivity contribution is 7.10. The van der Waals surface area contributed by atoms with Crippen LogP contribution in [0.5, 0.6) is 0 Å². The second-order valence-corrected chi connectivity index (χ2v) is 7.28. The molecule has 3 rings (SSSR count). The number of hydrogen-bond acceptors (Lipinski definition) is 3. The molecular formula is C19H22N2O2S. The fourth-order valence-corrected chi connectivity index (χ4v) is 4.10. The molecule has 1 saturated heterocycles. The van der Waals surface area contributed by atoms with Gasteiger partial charge in [-0.1, -0.05) is 35.9 Å². The third-order valence-corrected chi connectivity index (χ3v) is 5.53. The van der Waals surface area contributed by atoms with E-state index >= 15 is 0 Å². The number of rotatable bonds is 5. The topological polar surface area (TPSA) is 49.4 Å². The first-order valence-electron chi connectivity index (χ1n) is 8.18. The molecule has 5 heteroatoms. The zero-order valence-electron chi connectivity index (χ0n) is 14.0. The van der Waals surface area contributed by atoms with E-state index in [4.69, 9.17) is 0 Å². The predicted octanol–water partition coefficient (Wildman–Crippen LogP) is 2.93. The summed E-state index contributed by atoms with van der Waals surface area (Å²) < 4.78 is 0. The molecule has 2 aromatic rings. The number of carbonyl (C=O) groups excluding carboxylic acids is 2. The molecule has 1 aromatic heterocycles. The highest BCUT2D eigenvalue weighted by Crippen LogP contribution is 2.38. The molecule has 24 heavy (non-hydrogen) atoms. The number of thiophene rings is 1. The monoisotopic (exact) mass is 342 g/mol. The highest BCUT2D eigenvalue weighted by Gasteiger charge is 2.42. The Hall–Kier alpha value is -2.14. The fourth-order valence-electron chi connectivity index (χ4n) is 3.17. The van der Waals surface area contributed by atoms with E-state index in [2.05, 4.69) is 36.5 Å². The van der Waals surface area contributed by atoms with Gasteiger partial charge < -0.3 is 10.2 Å². The van der Waals surface area contributed by atoms with Crippen LogP contribution >= 0.6 is 11.3 Å². The lowest BCUT2D eigenvalue weighted by Crippen LogP contribution is -2.35. The Bertz CT molecular complexity index is 709. The van der Waals surface area contributed by atoms with Crippen molar-refractivity contribution in [2.75, 3.05) is 13.6 Å². The maximum absolute atomic E-state index is 12.6. The molecule has 0 spiro atoms. The number of amides is 2. The normalized spacial score (nSPS) is 20.4. The molecule has 1 fully saturated rings. The lowest BCUT2D eigenvalue weighted by molar-refractivity contribution is -0.128. The van der Waals surface area contributed by atoms with Crippen LogP contribution in [0.3, 0.4) is 0 Å². The second kappa shape index (κ2) is 7.18. The summed E-state index contributed by atoms with van der Waals surface area (Å²) in [4.78, 5) is 27.4. The van der Waals surface area contributed by atoms with Gasteiger partial charge in [0, 0.05) is 24.9 Å². The number of aryl methyl sites for hydroxylation is 1. The van der Waals surface area contributed by atoms with Crippen molar-refractivity contribution in [1.82, 2.24) is 10.2 Å². The molecule has 2 atom stereocenters. The number of likely N-dealkylation sites (tertiary alicyclic amines) is 1. The summed E-state index contributed by atoms with van der Waals surface area (Å²) in [6.45, 7) is 2.65. The van der Waals surface area contributed by atoms with E-state index in [1.54, 1.807) is 23.3 Å². The summed E-state index contributed by atoms with van der Waals surface area (Å²) in [5.74, 6) is -0.301. The summed E-state index contributed by atoms with van der Waals surface area (Å²) in [6, 6.07) is 12.1. The van der Waals surface area contributed by atoms with Crippen LogP contribution in [-0.2, 0) is 16.0 Å². The number of nitrogens with zero attached hydrogens (tertiary/aromatic N) is 1. The molecule has 1 aromatic carbocycles. The van der Waals surface area contributed by atoms with Gasteiger partial charge in [-0.3, -0.25) is 9.59 Å². The Morgan fingerprint density at radius 1 is 1.29 bits per heavy atom. The van der Waals surface area contributed by atoms with Crippen molar-refractivity contribution in [2.24, 2.45) is 5.92 Å². The quantitative estimate of drug-likeness (QED) is 0.908. The molecule has 0 aliphatic carbocycles. The first-order chi connectivity index (χ1) is 11.6. The maximum atomic E-state index is 12.6. The van der Waals surface area contributed by atoms with Crippen molar-refractivity contribution in [3.63, 3.8) is 0 Å². The zero-order chi connectivity index (χ0) is 17.1. The third-order valence-electron chi connectivity index (χ3n) is 4.59. The molecule has 0 unspecified atom stereocenters. The summed E-state index contributed by atoms with van der Waals surface area (Å²) >= 11 is 1.60. The molecule has 0 radical (unpaired) electrons. The highest BCUT2D eigenvalue weighted by atomic mass is 32.1. The Morgan fingerprint density at radius 2 is 2.04 bits per heavy atom. The molecule has 2 heterocycles. The largest absolute Gasteiger partial charge is 0.355 e. The minimum atomic E-state index is -0.306. The van der Waals surface area contributed by atoms with E-state index < -0.39 is 0 Å². The Labute approximate surface area is 146 Å². The van der Waals surface area contributed by atoms with Crippen molar-refractivity contribution in [1.29, 1.82) is 0 Å². The fraction of sp³-hybridized carbons (Fsp3) is 0.368. The van der Waals surface area contributed by atoms with Crippen LogP contribution in [-0.4, -0.2) is 30.3 Å². The minimum absolute atomic E-state index is 0.0294. The molecule has 1 N–H and O–H groups in total. The summed E-state index contributed by atoms with van der Waals surface area (Å²) in [6.07, 6.45) is 1.08. The third kappa shape index (κ3) is 3.51. The van der Waals surface area contributed by atoms with Crippen LogP contribution in [0, 0.1) is 12.8 Å². The molecule has 1 aliphatic rings. The van der Waals surface area contributed by atoms with E-state index in [0.29, 0.717) is 6.54 Å². The first-order valence-corrected chi connectivity index (χ1v) is 9.06. The van der Waals surface area contributed by atoms with E-state index in [1.165, 1.54) is 11.1 Å². The van der Waals surface area contributed by atoms with Gasteiger partial charge in [0.25, 0.3) is 0 Å². The SMILES string of the molecule is Cc1ccc(CCNC(=O)[C@H]2CC(=O)N(C)[C@@H]2c2cccs2)cc1. The number of hydrogen-bond donors (Lipinski definition) is 1. The van der Waals surface area contributed by atoms with Crippen molar-refractivity contribution >= 4 is 23.2 Å². The van der Waals surface area contributed by atoms with Gasteiger partial charge >= 0.3 is 0 Å². The van der Waals surface area contributed by atoms with Gasteiger partial charge in [-0.15, -0.1) is 11.3 Å².